The number of nitrogens with zero attached hydrogens (tertiary/aromatic N) is 3. The van der Waals surface area contributed by atoms with Gasteiger partial charge in [0, 0.05) is 25.2 Å². The standard InChI is InChI=1S/C25H26N4O2S/c1-2-29-21-11-7-6-10-20(21)27-23(29)17-26-24(30)22-16-19(18-8-4-3-5-9-18)25(32-22)28-12-14-31-15-13-28/h3-11,16H,2,12-15,17H2,1H3,(H,26,30). The van der Waals surface area contributed by atoms with Crippen LogP contribution < -0.4 is 10.2 Å². The first-order chi connectivity index (χ1) is 15.7. The minimum atomic E-state index is -0.0681. The molecule has 2 aromatic heterocycles. The first-order valence-electron chi connectivity index (χ1n) is 11.0. The Morgan fingerprint density at radius 2 is 1.84 bits per heavy atom. The Morgan fingerprint density at radius 1 is 1.09 bits per heavy atom. The van der Waals surface area contributed by atoms with E-state index in [9.17, 15) is 4.79 Å². The summed E-state index contributed by atoms with van der Waals surface area (Å²) in [6.45, 7) is 6.39. The Hall–Kier alpha value is -3.16. The number of hydrogen-bond acceptors (Lipinski definition) is 5. The second-order valence-corrected chi connectivity index (χ2v) is 8.77. The lowest BCUT2D eigenvalue weighted by Gasteiger charge is -2.28. The molecule has 32 heavy (non-hydrogen) atoms. The van der Waals surface area contributed by atoms with Gasteiger partial charge < -0.3 is 19.5 Å². The number of fused-ring (bicyclic) bond motifs is 1. The highest BCUT2D eigenvalue weighted by molar-refractivity contribution is 7.18. The number of hydrogen-bond donors (Lipinski definition) is 1. The third kappa shape index (κ3) is 4.01. The molecule has 6 nitrogen and oxygen atoms in total. The summed E-state index contributed by atoms with van der Waals surface area (Å²) >= 11 is 1.55. The van der Waals surface area contributed by atoms with Gasteiger partial charge in [0.15, 0.2) is 0 Å². The number of rotatable bonds is 6. The van der Waals surface area contributed by atoms with Crippen LogP contribution in [0.1, 0.15) is 22.4 Å². The van der Waals surface area contributed by atoms with Crippen LogP contribution in [0.15, 0.2) is 60.7 Å². The Balaban J connectivity index is 1.41. The maximum Gasteiger partial charge on any atom is 0.261 e. The topological polar surface area (TPSA) is 59.4 Å². The van der Waals surface area contributed by atoms with Crippen molar-refractivity contribution < 1.29 is 9.53 Å². The van der Waals surface area contributed by atoms with Gasteiger partial charge in [-0.3, -0.25) is 4.79 Å². The summed E-state index contributed by atoms with van der Waals surface area (Å²) in [6, 6.07) is 20.4. The van der Waals surface area contributed by atoms with E-state index >= 15 is 0 Å². The molecule has 1 N–H and O–H groups in total. The Labute approximate surface area is 191 Å². The van der Waals surface area contributed by atoms with Crippen molar-refractivity contribution in [3.63, 3.8) is 0 Å². The summed E-state index contributed by atoms with van der Waals surface area (Å²) in [7, 11) is 0. The van der Waals surface area contributed by atoms with Gasteiger partial charge in [-0.05, 0) is 30.7 Å². The second-order valence-electron chi connectivity index (χ2n) is 7.74. The highest BCUT2D eigenvalue weighted by Crippen LogP contribution is 2.39. The van der Waals surface area contributed by atoms with Crippen molar-refractivity contribution in [1.82, 2.24) is 14.9 Å². The minimum absolute atomic E-state index is 0.0681. The molecule has 1 aliphatic rings. The molecule has 0 atom stereocenters. The van der Waals surface area contributed by atoms with Gasteiger partial charge in [0.25, 0.3) is 5.91 Å². The normalized spacial score (nSPS) is 14.1. The van der Waals surface area contributed by atoms with E-state index in [1.54, 1.807) is 11.3 Å². The van der Waals surface area contributed by atoms with E-state index in [1.165, 1.54) is 0 Å². The highest BCUT2D eigenvalue weighted by Gasteiger charge is 2.22. The van der Waals surface area contributed by atoms with Crippen molar-refractivity contribution in [3.05, 3.63) is 71.4 Å². The molecular formula is C25H26N4O2S. The number of nitrogens with one attached hydrogen (secondary N) is 1. The van der Waals surface area contributed by atoms with E-state index < -0.39 is 0 Å². The first-order valence-corrected chi connectivity index (χ1v) is 11.8. The average molecular weight is 447 g/mol. The number of benzene rings is 2. The summed E-state index contributed by atoms with van der Waals surface area (Å²) in [5.41, 5.74) is 4.27. The van der Waals surface area contributed by atoms with Gasteiger partial charge in [0.05, 0.1) is 40.7 Å². The number of carbonyl (C=O) groups excluding carboxylic acids is 1. The van der Waals surface area contributed by atoms with Gasteiger partial charge in [0.2, 0.25) is 0 Å². The maximum absolute atomic E-state index is 13.1. The second kappa shape index (κ2) is 9.14. The van der Waals surface area contributed by atoms with Gasteiger partial charge >= 0.3 is 0 Å². The average Bonchev–Trinajstić information content (AvgIpc) is 3.45. The summed E-state index contributed by atoms with van der Waals surface area (Å²) in [4.78, 5) is 20.9. The summed E-state index contributed by atoms with van der Waals surface area (Å²) in [5.74, 6) is 0.802. The van der Waals surface area contributed by atoms with E-state index in [1.807, 2.05) is 42.5 Å². The Morgan fingerprint density at radius 3 is 2.62 bits per heavy atom. The van der Waals surface area contributed by atoms with Crippen LogP contribution in [0.3, 0.4) is 0 Å². The molecule has 1 saturated heterocycles. The van der Waals surface area contributed by atoms with Crippen LogP contribution in [0.5, 0.6) is 0 Å². The molecule has 3 heterocycles. The Kier molecular flexibility index (Phi) is 5.92. The number of amides is 1. The number of carbonyl (C=O) groups is 1. The Bertz CT molecular complexity index is 1230. The van der Waals surface area contributed by atoms with Crippen molar-refractivity contribution in [1.29, 1.82) is 0 Å². The molecule has 2 aromatic carbocycles. The van der Waals surface area contributed by atoms with E-state index in [0.29, 0.717) is 24.6 Å². The van der Waals surface area contributed by atoms with Crippen LogP contribution in [0, 0.1) is 0 Å². The van der Waals surface area contributed by atoms with Gasteiger partial charge in [0.1, 0.15) is 5.82 Å². The molecule has 0 aliphatic carbocycles. The fourth-order valence-electron chi connectivity index (χ4n) is 4.18. The number of morpholine rings is 1. The number of anilines is 1. The highest BCUT2D eigenvalue weighted by atomic mass is 32.1. The lowest BCUT2D eigenvalue weighted by molar-refractivity contribution is 0.0953. The number of aromatic nitrogens is 2. The van der Waals surface area contributed by atoms with Gasteiger partial charge in [-0.1, -0.05) is 42.5 Å². The summed E-state index contributed by atoms with van der Waals surface area (Å²) in [5, 5.41) is 4.22. The van der Waals surface area contributed by atoms with E-state index in [2.05, 4.69) is 39.9 Å². The van der Waals surface area contributed by atoms with Crippen molar-refractivity contribution in [2.24, 2.45) is 0 Å². The molecule has 1 aliphatic heterocycles. The van der Waals surface area contributed by atoms with Crippen molar-refractivity contribution in [3.8, 4) is 11.1 Å². The molecule has 1 fully saturated rings. The van der Waals surface area contributed by atoms with Crippen LogP contribution >= 0.6 is 11.3 Å². The third-order valence-corrected chi connectivity index (χ3v) is 6.97. The number of imidazole rings is 1. The molecule has 0 saturated carbocycles. The van der Waals surface area contributed by atoms with Gasteiger partial charge in [-0.2, -0.15) is 0 Å². The van der Waals surface area contributed by atoms with Crippen molar-refractivity contribution in [2.45, 2.75) is 20.0 Å². The quantitative estimate of drug-likeness (QED) is 0.472. The monoisotopic (exact) mass is 446 g/mol. The van der Waals surface area contributed by atoms with Crippen LogP contribution in [0.25, 0.3) is 22.2 Å². The molecule has 0 unspecified atom stereocenters. The molecular weight excluding hydrogens is 420 g/mol. The minimum Gasteiger partial charge on any atom is -0.378 e. The lowest BCUT2D eigenvalue weighted by Crippen LogP contribution is -2.35. The van der Waals surface area contributed by atoms with Crippen LogP contribution in [0.4, 0.5) is 5.00 Å². The molecule has 0 bridgehead atoms. The largest absolute Gasteiger partial charge is 0.378 e. The summed E-state index contributed by atoms with van der Waals surface area (Å²) in [6.07, 6.45) is 0. The van der Waals surface area contributed by atoms with Gasteiger partial charge in [-0.25, -0.2) is 4.98 Å². The lowest BCUT2D eigenvalue weighted by atomic mass is 10.1. The van der Waals surface area contributed by atoms with Crippen molar-refractivity contribution >= 4 is 33.3 Å². The van der Waals surface area contributed by atoms with Crippen LogP contribution in [-0.2, 0) is 17.8 Å². The van der Waals surface area contributed by atoms with Gasteiger partial charge in [-0.15, -0.1) is 11.3 Å². The molecule has 164 valence electrons. The number of aryl methyl sites for hydroxylation is 1. The SMILES string of the molecule is CCn1c(CNC(=O)c2cc(-c3ccccc3)c(N3CCOCC3)s2)nc2ccccc21. The van der Waals surface area contributed by atoms with Crippen LogP contribution in [-0.4, -0.2) is 41.8 Å². The zero-order chi connectivity index (χ0) is 21.9. The van der Waals surface area contributed by atoms with Crippen LogP contribution in [0.2, 0.25) is 0 Å². The van der Waals surface area contributed by atoms with E-state index in [-0.39, 0.29) is 5.91 Å². The predicted molar refractivity (Wildman–Crippen MR) is 129 cm³/mol. The van der Waals surface area contributed by atoms with E-state index in [4.69, 9.17) is 9.72 Å². The van der Waals surface area contributed by atoms with Crippen molar-refractivity contribution in [2.75, 3.05) is 31.2 Å². The summed E-state index contributed by atoms with van der Waals surface area (Å²) < 4.78 is 7.68. The number of thiophene rings is 1. The molecule has 1 amide bonds. The third-order valence-electron chi connectivity index (χ3n) is 5.78. The predicted octanol–water partition coefficient (Wildman–Crippen LogP) is 4.55. The number of para-hydroxylation sites is 2. The first kappa shape index (κ1) is 20.7. The smallest absolute Gasteiger partial charge is 0.261 e. The molecule has 5 rings (SSSR count). The zero-order valence-electron chi connectivity index (χ0n) is 18.1. The van der Waals surface area contributed by atoms with E-state index in [0.717, 1.165) is 52.6 Å². The number of ether oxygens (including phenoxy) is 1. The molecule has 4 aromatic rings. The molecule has 0 radical (unpaired) electrons. The molecule has 0 spiro atoms. The fourth-order valence-corrected chi connectivity index (χ4v) is 5.33. The zero-order valence-corrected chi connectivity index (χ0v) is 18.9. The molecule has 7 heteroatoms. The fraction of sp³-hybridized carbons (Fsp3) is 0.280. The maximum atomic E-state index is 13.1.